The van der Waals surface area contributed by atoms with Crippen molar-refractivity contribution in [3.63, 3.8) is 0 Å². The van der Waals surface area contributed by atoms with E-state index in [0.29, 0.717) is 28.3 Å². The van der Waals surface area contributed by atoms with E-state index in [0.717, 1.165) is 5.56 Å². The smallest absolute Gasteiger partial charge is 0.243 e. The number of thiophene rings is 1. The van der Waals surface area contributed by atoms with Crippen molar-refractivity contribution >= 4 is 27.0 Å². The number of benzene rings is 1. The van der Waals surface area contributed by atoms with Gasteiger partial charge in [0.1, 0.15) is 0 Å². The first kappa shape index (κ1) is 15.0. The van der Waals surface area contributed by atoms with E-state index < -0.39 is 10.0 Å². The van der Waals surface area contributed by atoms with E-state index in [1.54, 1.807) is 44.4 Å². The van der Waals surface area contributed by atoms with Crippen LogP contribution >= 0.6 is 11.3 Å². The molecule has 1 heterocycles. The largest absolute Gasteiger partial charge is 0.398 e. The van der Waals surface area contributed by atoms with Gasteiger partial charge in [-0.25, -0.2) is 8.42 Å². The maximum absolute atomic E-state index is 12.7. The summed E-state index contributed by atoms with van der Waals surface area (Å²) in [5.41, 5.74) is 8.66. The predicted octanol–water partition coefficient (Wildman–Crippen LogP) is 2.77. The molecule has 1 aromatic heterocycles. The number of nitrogen functional groups attached to an aromatic ring is 1. The van der Waals surface area contributed by atoms with Gasteiger partial charge in [0.25, 0.3) is 0 Å². The van der Waals surface area contributed by atoms with Gasteiger partial charge in [0.2, 0.25) is 10.0 Å². The van der Waals surface area contributed by atoms with Crippen LogP contribution in [-0.4, -0.2) is 19.8 Å². The lowest BCUT2D eigenvalue weighted by atomic mass is 10.1. The lowest BCUT2D eigenvalue weighted by Crippen LogP contribution is -2.27. The van der Waals surface area contributed by atoms with Crippen LogP contribution in [0.15, 0.2) is 33.9 Å². The molecule has 2 N–H and O–H groups in total. The van der Waals surface area contributed by atoms with E-state index in [2.05, 4.69) is 0 Å². The molecule has 2 rings (SSSR count). The van der Waals surface area contributed by atoms with E-state index in [9.17, 15) is 8.42 Å². The van der Waals surface area contributed by atoms with Crippen molar-refractivity contribution in [1.29, 1.82) is 0 Å². The molecule has 0 aliphatic heterocycles. The molecule has 0 atom stereocenters. The average molecular weight is 310 g/mol. The van der Waals surface area contributed by atoms with Gasteiger partial charge in [0.05, 0.1) is 4.90 Å². The van der Waals surface area contributed by atoms with Crippen molar-refractivity contribution in [2.75, 3.05) is 12.8 Å². The Labute approximate surface area is 123 Å². The molecule has 0 aliphatic rings. The topological polar surface area (TPSA) is 63.4 Å². The van der Waals surface area contributed by atoms with Gasteiger partial charge in [-0.1, -0.05) is 6.07 Å². The predicted molar refractivity (Wildman–Crippen MR) is 83.3 cm³/mol. The second-order valence-corrected chi connectivity index (χ2v) is 7.58. The summed E-state index contributed by atoms with van der Waals surface area (Å²) in [5.74, 6) is 0. The minimum atomic E-state index is -3.54. The van der Waals surface area contributed by atoms with Crippen LogP contribution in [0.25, 0.3) is 0 Å². The Bertz CT molecular complexity index is 707. The van der Waals surface area contributed by atoms with Crippen LogP contribution in [0, 0.1) is 13.8 Å². The van der Waals surface area contributed by atoms with Crippen molar-refractivity contribution in [3.05, 3.63) is 45.6 Å². The highest BCUT2D eigenvalue weighted by molar-refractivity contribution is 7.89. The number of sulfonamides is 1. The first-order chi connectivity index (χ1) is 9.34. The van der Waals surface area contributed by atoms with Crippen LogP contribution in [0.4, 0.5) is 5.69 Å². The fourth-order valence-corrected chi connectivity index (χ4v) is 4.39. The van der Waals surface area contributed by atoms with Crippen LogP contribution in [0.5, 0.6) is 0 Å². The standard InChI is InChI=1S/C14H18N2O2S2/c1-10-4-5-13(15)11(2)14(10)20(17,18)16(3)8-12-6-7-19-9-12/h4-7,9H,8,15H2,1-3H3. The molecule has 2 aromatic rings. The fraction of sp³-hybridized carbons (Fsp3) is 0.286. The fourth-order valence-electron chi connectivity index (χ4n) is 2.12. The summed E-state index contributed by atoms with van der Waals surface area (Å²) in [6.07, 6.45) is 0. The van der Waals surface area contributed by atoms with Gasteiger partial charge in [-0.05, 0) is 53.4 Å². The summed E-state index contributed by atoms with van der Waals surface area (Å²) >= 11 is 1.56. The molecule has 0 aliphatic carbocycles. The lowest BCUT2D eigenvalue weighted by Gasteiger charge is -2.20. The van der Waals surface area contributed by atoms with Crippen molar-refractivity contribution in [1.82, 2.24) is 4.31 Å². The molecule has 0 fully saturated rings. The van der Waals surface area contributed by atoms with Gasteiger partial charge in [-0.15, -0.1) is 0 Å². The molecule has 0 bridgehead atoms. The second kappa shape index (κ2) is 5.55. The molecule has 0 unspecified atom stereocenters. The number of hydrogen-bond acceptors (Lipinski definition) is 4. The Morgan fingerprint density at radius 2 is 1.95 bits per heavy atom. The SMILES string of the molecule is Cc1ccc(N)c(C)c1S(=O)(=O)N(C)Cc1ccsc1. The normalized spacial score (nSPS) is 12.0. The molecule has 0 radical (unpaired) electrons. The Kier molecular flexibility index (Phi) is 4.17. The number of nitrogens with two attached hydrogens (primary N) is 1. The number of nitrogens with zero attached hydrogens (tertiary/aromatic N) is 1. The summed E-state index contributed by atoms with van der Waals surface area (Å²) in [5, 5.41) is 3.89. The van der Waals surface area contributed by atoms with E-state index >= 15 is 0 Å². The third-order valence-corrected chi connectivity index (χ3v) is 6.12. The zero-order valence-corrected chi connectivity index (χ0v) is 13.4. The maximum Gasteiger partial charge on any atom is 0.243 e. The Morgan fingerprint density at radius 1 is 1.25 bits per heavy atom. The van der Waals surface area contributed by atoms with Gasteiger partial charge >= 0.3 is 0 Å². The minimum absolute atomic E-state index is 0.315. The minimum Gasteiger partial charge on any atom is -0.398 e. The number of anilines is 1. The van der Waals surface area contributed by atoms with Crippen LogP contribution in [0.3, 0.4) is 0 Å². The molecule has 20 heavy (non-hydrogen) atoms. The van der Waals surface area contributed by atoms with Crippen LogP contribution in [0.2, 0.25) is 0 Å². The van der Waals surface area contributed by atoms with Gasteiger partial charge in [-0.3, -0.25) is 0 Å². The molecule has 0 amide bonds. The van der Waals surface area contributed by atoms with Crippen molar-refractivity contribution in [2.45, 2.75) is 25.3 Å². The summed E-state index contributed by atoms with van der Waals surface area (Å²) in [6, 6.07) is 5.41. The zero-order valence-electron chi connectivity index (χ0n) is 11.8. The quantitative estimate of drug-likeness (QED) is 0.883. The number of rotatable bonds is 4. The molecular formula is C14H18N2O2S2. The van der Waals surface area contributed by atoms with Gasteiger partial charge in [0, 0.05) is 19.3 Å². The summed E-state index contributed by atoms with van der Waals surface area (Å²) in [7, 11) is -1.95. The molecule has 4 nitrogen and oxygen atoms in total. The highest BCUT2D eigenvalue weighted by atomic mass is 32.2. The van der Waals surface area contributed by atoms with Gasteiger partial charge in [-0.2, -0.15) is 15.6 Å². The highest BCUT2D eigenvalue weighted by Crippen LogP contribution is 2.27. The Balaban J connectivity index is 2.42. The van der Waals surface area contributed by atoms with Crippen LogP contribution in [0.1, 0.15) is 16.7 Å². The molecule has 1 aromatic carbocycles. The molecule has 0 saturated heterocycles. The summed E-state index contributed by atoms with van der Waals surface area (Å²) in [4.78, 5) is 0.315. The van der Waals surface area contributed by atoms with Crippen LogP contribution < -0.4 is 5.73 Å². The van der Waals surface area contributed by atoms with Crippen LogP contribution in [-0.2, 0) is 16.6 Å². The van der Waals surface area contributed by atoms with Crippen molar-refractivity contribution < 1.29 is 8.42 Å². The van der Waals surface area contributed by atoms with Gasteiger partial charge < -0.3 is 5.73 Å². The Morgan fingerprint density at radius 3 is 2.55 bits per heavy atom. The monoisotopic (exact) mass is 310 g/mol. The van der Waals surface area contributed by atoms with E-state index in [-0.39, 0.29) is 0 Å². The zero-order chi connectivity index (χ0) is 14.9. The first-order valence-electron chi connectivity index (χ1n) is 6.17. The number of aryl methyl sites for hydroxylation is 1. The second-order valence-electron chi connectivity index (χ2n) is 4.82. The molecule has 0 spiro atoms. The molecular weight excluding hydrogens is 292 g/mol. The third-order valence-electron chi connectivity index (χ3n) is 3.30. The summed E-state index contributed by atoms with van der Waals surface area (Å²) in [6.45, 7) is 3.89. The Hall–Kier alpha value is -1.37. The van der Waals surface area contributed by atoms with E-state index in [1.165, 1.54) is 4.31 Å². The van der Waals surface area contributed by atoms with Crippen molar-refractivity contribution in [2.24, 2.45) is 0 Å². The molecule has 0 saturated carbocycles. The van der Waals surface area contributed by atoms with Crippen molar-refractivity contribution in [3.8, 4) is 0 Å². The van der Waals surface area contributed by atoms with Gasteiger partial charge in [0.15, 0.2) is 0 Å². The average Bonchev–Trinajstić information content (AvgIpc) is 2.87. The summed E-state index contributed by atoms with van der Waals surface area (Å²) < 4.78 is 26.8. The lowest BCUT2D eigenvalue weighted by molar-refractivity contribution is 0.466. The number of hydrogen-bond donors (Lipinski definition) is 1. The van der Waals surface area contributed by atoms with E-state index in [1.807, 2.05) is 16.8 Å². The molecule has 108 valence electrons. The first-order valence-corrected chi connectivity index (χ1v) is 8.55. The highest BCUT2D eigenvalue weighted by Gasteiger charge is 2.25. The third kappa shape index (κ3) is 2.72. The van der Waals surface area contributed by atoms with E-state index in [4.69, 9.17) is 5.73 Å². The maximum atomic E-state index is 12.7. The molecule has 6 heteroatoms.